The molecule has 0 spiro atoms. The Morgan fingerprint density at radius 1 is 1.30 bits per heavy atom. The average molecular weight is 543 g/mol. The molecule has 27 heavy (non-hydrogen) atoms. The molecule has 0 bridgehead atoms. The van der Waals surface area contributed by atoms with E-state index in [0.29, 0.717) is 19.0 Å². The van der Waals surface area contributed by atoms with E-state index in [9.17, 15) is 13.5 Å². The predicted octanol–water partition coefficient (Wildman–Crippen LogP) is 1.09. The summed E-state index contributed by atoms with van der Waals surface area (Å²) >= 11 is 2.74. The van der Waals surface area contributed by atoms with Crippen molar-refractivity contribution in [3.05, 3.63) is 29.1 Å². The van der Waals surface area contributed by atoms with Gasteiger partial charge in [0.1, 0.15) is 4.21 Å². The fourth-order valence-corrected chi connectivity index (χ4v) is 5.79. The summed E-state index contributed by atoms with van der Waals surface area (Å²) in [6, 6.07) is 3.21. The van der Waals surface area contributed by atoms with E-state index in [4.69, 9.17) is 5.73 Å². The minimum absolute atomic E-state index is 0. The summed E-state index contributed by atoms with van der Waals surface area (Å²) in [4.78, 5) is 12.6. The van der Waals surface area contributed by atoms with Crippen molar-refractivity contribution in [2.45, 2.75) is 10.3 Å². The van der Waals surface area contributed by atoms with E-state index in [1.165, 1.54) is 6.07 Å². The highest BCUT2D eigenvalue weighted by molar-refractivity contribution is 14.0. The molecule has 0 radical (unpaired) electrons. The zero-order valence-corrected chi connectivity index (χ0v) is 19.2. The Morgan fingerprint density at radius 3 is 2.63 bits per heavy atom. The van der Waals surface area contributed by atoms with Crippen LogP contribution in [0.2, 0.25) is 0 Å². The fourth-order valence-electron chi connectivity index (χ4n) is 2.63. The van der Waals surface area contributed by atoms with Crippen molar-refractivity contribution in [2.24, 2.45) is 10.7 Å². The Labute approximate surface area is 183 Å². The molecule has 3 N–H and O–H groups in total. The van der Waals surface area contributed by atoms with Crippen molar-refractivity contribution in [1.29, 1.82) is 0 Å². The summed E-state index contributed by atoms with van der Waals surface area (Å²) in [5.74, 6) is -0.0290. The molecule has 1 aliphatic rings. The number of hydrogen-bond donors (Lipinski definition) is 2. The first kappa shape index (κ1) is 22.3. The van der Waals surface area contributed by atoms with Crippen LogP contribution in [0.3, 0.4) is 0 Å². The van der Waals surface area contributed by atoms with Crippen LogP contribution in [0.5, 0.6) is 0 Å². The van der Waals surface area contributed by atoms with Crippen LogP contribution in [0.15, 0.2) is 38.3 Å². The van der Waals surface area contributed by atoms with Crippen LogP contribution in [-0.2, 0) is 9.84 Å². The highest BCUT2D eigenvalue weighted by Crippen LogP contribution is 2.19. The first-order valence-corrected chi connectivity index (χ1v) is 11.5. The first-order chi connectivity index (χ1) is 12.5. The summed E-state index contributed by atoms with van der Waals surface area (Å²) in [6.07, 6.45) is 0.700. The van der Waals surface area contributed by atoms with Gasteiger partial charge in [-0.15, -0.1) is 46.7 Å². The van der Waals surface area contributed by atoms with Crippen molar-refractivity contribution in [2.75, 3.05) is 43.4 Å². The van der Waals surface area contributed by atoms with E-state index in [0.717, 1.165) is 29.6 Å². The van der Waals surface area contributed by atoms with Crippen LogP contribution in [0, 0.1) is 0 Å². The quantitative estimate of drug-likeness (QED) is 0.319. The number of thiophene rings is 1. The van der Waals surface area contributed by atoms with Crippen LogP contribution in [0.25, 0.3) is 0 Å². The van der Waals surface area contributed by atoms with Gasteiger partial charge in [-0.2, -0.15) is 0 Å². The number of sulfone groups is 1. The Balaban J connectivity index is 0.00000261. The minimum Gasteiger partial charge on any atom is -0.390 e. The third-order valence-corrected chi connectivity index (χ3v) is 8.09. The van der Waals surface area contributed by atoms with E-state index in [-0.39, 0.29) is 40.5 Å². The van der Waals surface area contributed by atoms with Gasteiger partial charge >= 0.3 is 0 Å². The molecule has 0 aliphatic carbocycles. The Hall–Kier alpha value is -0.960. The summed E-state index contributed by atoms with van der Waals surface area (Å²) < 4.78 is 24.6. The fraction of sp³-hybridized carbons (Fsp3) is 0.467. The zero-order valence-electron chi connectivity index (χ0n) is 14.5. The minimum atomic E-state index is -3.49. The number of guanidine groups is 1. The number of anilines is 1. The lowest BCUT2D eigenvalue weighted by Crippen LogP contribution is -2.51. The second-order valence-corrected chi connectivity index (χ2v) is 9.94. The van der Waals surface area contributed by atoms with Gasteiger partial charge in [-0.1, -0.05) is 6.07 Å². The Morgan fingerprint density at radius 2 is 2.04 bits per heavy atom. The molecular weight excluding hydrogens is 521 g/mol. The van der Waals surface area contributed by atoms with Gasteiger partial charge in [-0.3, -0.25) is 4.99 Å². The van der Waals surface area contributed by atoms with Gasteiger partial charge in [-0.25, -0.2) is 13.4 Å². The van der Waals surface area contributed by atoms with Crippen LogP contribution in [0.4, 0.5) is 5.13 Å². The highest BCUT2D eigenvalue weighted by Gasteiger charge is 2.22. The number of aliphatic imine (C=N–C) groups is 1. The van der Waals surface area contributed by atoms with E-state index >= 15 is 0 Å². The molecule has 0 saturated carbocycles. The number of aliphatic hydroxyl groups is 1. The molecule has 1 atom stereocenters. The van der Waals surface area contributed by atoms with E-state index in [1.807, 2.05) is 10.3 Å². The molecule has 1 aliphatic heterocycles. The molecule has 150 valence electrons. The van der Waals surface area contributed by atoms with Crippen LogP contribution < -0.4 is 10.6 Å². The maximum Gasteiger partial charge on any atom is 0.191 e. The number of rotatable bonds is 6. The summed E-state index contributed by atoms with van der Waals surface area (Å²) in [5.41, 5.74) is 6.01. The smallest absolute Gasteiger partial charge is 0.191 e. The molecule has 12 heteroatoms. The second kappa shape index (κ2) is 10.0. The van der Waals surface area contributed by atoms with Gasteiger partial charge in [0, 0.05) is 37.8 Å². The molecular formula is C15H22IN5O3S3. The predicted molar refractivity (Wildman–Crippen MR) is 120 cm³/mol. The normalized spacial score (nSPS) is 16.9. The van der Waals surface area contributed by atoms with Gasteiger partial charge in [0.25, 0.3) is 0 Å². The van der Waals surface area contributed by atoms with Gasteiger partial charge in [-0.05, 0) is 11.4 Å². The zero-order chi connectivity index (χ0) is 18.6. The average Bonchev–Trinajstić information content (AvgIpc) is 3.33. The van der Waals surface area contributed by atoms with Gasteiger partial charge in [0.15, 0.2) is 20.9 Å². The van der Waals surface area contributed by atoms with E-state index in [1.54, 1.807) is 29.0 Å². The number of nitrogens with two attached hydrogens (primary N) is 1. The topological polar surface area (TPSA) is 112 Å². The maximum absolute atomic E-state index is 12.1. The van der Waals surface area contributed by atoms with Crippen LogP contribution in [0.1, 0.15) is 0 Å². The first-order valence-electron chi connectivity index (χ1n) is 8.09. The number of aromatic nitrogens is 1. The van der Waals surface area contributed by atoms with E-state index < -0.39 is 15.9 Å². The highest BCUT2D eigenvalue weighted by atomic mass is 127. The number of nitrogens with zero attached hydrogens (tertiary/aromatic N) is 4. The van der Waals surface area contributed by atoms with Crippen molar-refractivity contribution in [3.63, 3.8) is 0 Å². The van der Waals surface area contributed by atoms with E-state index in [2.05, 4.69) is 14.9 Å². The molecule has 3 heterocycles. The Kier molecular flexibility index (Phi) is 8.27. The number of halogens is 1. The molecule has 3 rings (SSSR count). The van der Waals surface area contributed by atoms with Crippen LogP contribution in [-0.4, -0.2) is 73.9 Å². The molecule has 0 aromatic carbocycles. The lowest BCUT2D eigenvalue weighted by molar-refractivity contribution is 0.205. The van der Waals surface area contributed by atoms with Crippen LogP contribution >= 0.6 is 46.7 Å². The molecule has 0 amide bonds. The molecule has 1 unspecified atom stereocenters. The number of thiazole rings is 1. The van der Waals surface area contributed by atoms with Gasteiger partial charge in [0.05, 0.1) is 18.4 Å². The summed E-state index contributed by atoms with van der Waals surface area (Å²) in [6.45, 7) is 2.96. The SMILES string of the molecule is I.NC(=NCC(O)CS(=O)(=O)c1cccs1)N1CCN(c2nccs2)CC1. The second-order valence-electron chi connectivity index (χ2n) is 5.85. The summed E-state index contributed by atoms with van der Waals surface area (Å²) in [5, 5.41) is 14.7. The molecule has 2 aromatic rings. The molecule has 1 fully saturated rings. The number of aliphatic hydroxyl groups excluding tert-OH is 1. The lowest BCUT2D eigenvalue weighted by Gasteiger charge is -2.35. The monoisotopic (exact) mass is 543 g/mol. The number of piperazine rings is 1. The molecule has 1 saturated heterocycles. The molecule has 8 nitrogen and oxygen atoms in total. The van der Waals surface area contributed by atoms with Crippen molar-refractivity contribution in [1.82, 2.24) is 9.88 Å². The maximum atomic E-state index is 12.1. The largest absolute Gasteiger partial charge is 0.390 e. The standard InChI is InChI=1S/C15H21N5O3S3.HI/c16-14(19-4-6-20(7-5-19)15-17-3-9-25-15)18-10-12(21)11-26(22,23)13-2-1-8-24-13;/h1-3,8-9,12,21H,4-7,10-11H2,(H2,16,18);1H. The Bertz CT molecular complexity index is 819. The third-order valence-electron chi connectivity index (χ3n) is 3.97. The number of hydrogen-bond acceptors (Lipinski definition) is 8. The summed E-state index contributed by atoms with van der Waals surface area (Å²) in [7, 11) is -3.49. The third kappa shape index (κ3) is 6.01. The molecule has 2 aromatic heterocycles. The lowest BCUT2D eigenvalue weighted by atomic mass is 10.3. The van der Waals surface area contributed by atoms with Crippen molar-refractivity contribution < 1.29 is 13.5 Å². The van der Waals surface area contributed by atoms with Crippen molar-refractivity contribution >= 4 is 67.6 Å². The van der Waals surface area contributed by atoms with Crippen molar-refractivity contribution in [3.8, 4) is 0 Å². The van der Waals surface area contributed by atoms with Gasteiger partial charge in [0.2, 0.25) is 0 Å². The van der Waals surface area contributed by atoms with Gasteiger partial charge < -0.3 is 20.6 Å².